The highest BCUT2D eigenvalue weighted by Crippen LogP contribution is 2.22. The second-order valence-electron chi connectivity index (χ2n) is 9.18. The van der Waals surface area contributed by atoms with Gasteiger partial charge in [0, 0.05) is 26.1 Å². The molecule has 0 aliphatic rings. The fourth-order valence-corrected chi connectivity index (χ4v) is 4.75. The largest absolute Gasteiger partial charge is 0.354 e. The molecule has 0 bridgehead atoms. The molecule has 198 valence electrons. The van der Waals surface area contributed by atoms with Gasteiger partial charge < -0.3 is 10.2 Å². The zero-order chi connectivity index (χ0) is 26.9. The highest BCUT2D eigenvalue weighted by molar-refractivity contribution is 7.92. The van der Waals surface area contributed by atoms with Crippen molar-refractivity contribution in [3.8, 4) is 0 Å². The zero-order valence-electron chi connectivity index (χ0n) is 21.9. The summed E-state index contributed by atoms with van der Waals surface area (Å²) in [4.78, 5) is 27.4. The first kappa shape index (κ1) is 29.3. The standard InChI is InChI=1S/C27H38FN3O4S/c1-6-7-16-29-27(33)22(4)30(19-23-11-13-24(28)14-12-23)26(32)9-8-17-31(36(5,34)35)25-15-10-20(2)21(3)18-25/h10-15,18,22H,6-9,16-17,19H2,1-5H3,(H,29,33)/t22-/m1/s1. The molecule has 0 spiro atoms. The Labute approximate surface area is 214 Å². The molecule has 0 saturated carbocycles. The van der Waals surface area contributed by atoms with Crippen molar-refractivity contribution in [2.45, 2.75) is 66.0 Å². The number of hydrogen-bond donors (Lipinski definition) is 1. The van der Waals surface area contributed by atoms with Crippen LogP contribution in [0.3, 0.4) is 0 Å². The van der Waals surface area contributed by atoms with E-state index in [0.717, 1.165) is 30.2 Å². The molecule has 1 N–H and O–H groups in total. The van der Waals surface area contributed by atoms with E-state index < -0.39 is 16.1 Å². The minimum Gasteiger partial charge on any atom is -0.354 e. The van der Waals surface area contributed by atoms with E-state index in [9.17, 15) is 22.4 Å². The third-order valence-electron chi connectivity index (χ3n) is 6.19. The van der Waals surface area contributed by atoms with Gasteiger partial charge in [-0.15, -0.1) is 0 Å². The number of aryl methyl sites for hydroxylation is 2. The van der Waals surface area contributed by atoms with Crippen molar-refractivity contribution in [3.05, 3.63) is 65.0 Å². The molecule has 2 rings (SSSR count). The maximum atomic E-state index is 13.4. The van der Waals surface area contributed by atoms with Crippen LogP contribution in [-0.4, -0.2) is 50.5 Å². The zero-order valence-corrected chi connectivity index (χ0v) is 22.7. The molecular weight excluding hydrogens is 481 g/mol. The Morgan fingerprint density at radius 1 is 1.03 bits per heavy atom. The Morgan fingerprint density at radius 3 is 2.28 bits per heavy atom. The molecule has 0 unspecified atom stereocenters. The van der Waals surface area contributed by atoms with Gasteiger partial charge in [0.25, 0.3) is 0 Å². The van der Waals surface area contributed by atoms with Crippen molar-refractivity contribution in [3.63, 3.8) is 0 Å². The Kier molecular flexibility index (Phi) is 10.9. The van der Waals surface area contributed by atoms with Crippen molar-refractivity contribution in [2.24, 2.45) is 0 Å². The predicted molar refractivity (Wildman–Crippen MR) is 142 cm³/mol. The molecule has 0 aliphatic heterocycles. The maximum Gasteiger partial charge on any atom is 0.242 e. The highest BCUT2D eigenvalue weighted by Gasteiger charge is 2.26. The van der Waals surface area contributed by atoms with Gasteiger partial charge in [0.05, 0.1) is 11.9 Å². The van der Waals surface area contributed by atoms with Crippen LogP contribution in [0.25, 0.3) is 0 Å². The molecule has 9 heteroatoms. The summed E-state index contributed by atoms with van der Waals surface area (Å²) >= 11 is 0. The highest BCUT2D eigenvalue weighted by atomic mass is 32.2. The lowest BCUT2D eigenvalue weighted by Crippen LogP contribution is -2.48. The molecule has 2 aromatic carbocycles. The van der Waals surface area contributed by atoms with Gasteiger partial charge in [0.2, 0.25) is 21.8 Å². The number of amides is 2. The van der Waals surface area contributed by atoms with E-state index in [0.29, 0.717) is 17.8 Å². The van der Waals surface area contributed by atoms with E-state index in [1.54, 1.807) is 25.1 Å². The number of nitrogens with one attached hydrogen (secondary N) is 1. The van der Waals surface area contributed by atoms with Crippen LogP contribution in [-0.2, 0) is 26.2 Å². The van der Waals surface area contributed by atoms with E-state index in [4.69, 9.17) is 0 Å². The third-order valence-corrected chi connectivity index (χ3v) is 7.39. The number of sulfonamides is 1. The van der Waals surface area contributed by atoms with Gasteiger partial charge in [-0.1, -0.05) is 31.5 Å². The van der Waals surface area contributed by atoms with E-state index in [-0.39, 0.29) is 43.6 Å². The normalized spacial score (nSPS) is 12.2. The number of anilines is 1. The monoisotopic (exact) mass is 519 g/mol. The Balaban J connectivity index is 2.15. The smallest absolute Gasteiger partial charge is 0.242 e. The van der Waals surface area contributed by atoms with Crippen LogP contribution < -0.4 is 9.62 Å². The number of rotatable bonds is 13. The van der Waals surface area contributed by atoms with Gasteiger partial charge in [0.15, 0.2) is 0 Å². The summed E-state index contributed by atoms with van der Waals surface area (Å²) in [5.74, 6) is -0.910. The quantitative estimate of drug-likeness (QED) is 0.399. The average Bonchev–Trinajstić information content (AvgIpc) is 2.82. The fourth-order valence-electron chi connectivity index (χ4n) is 3.79. The minimum atomic E-state index is -3.55. The van der Waals surface area contributed by atoms with Crippen molar-refractivity contribution >= 4 is 27.5 Å². The predicted octanol–water partition coefficient (Wildman–Crippen LogP) is 4.32. The number of carbonyl (C=O) groups excluding carboxylic acids is 2. The topological polar surface area (TPSA) is 86.8 Å². The first-order chi connectivity index (χ1) is 16.9. The number of hydrogen-bond acceptors (Lipinski definition) is 4. The lowest BCUT2D eigenvalue weighted by atomic mass is 10.1. The summed E-state index contributed by atoms with van der Waals surface area (Å²) in [6.45, 7) is 8.37. The molecule has 7 nitrogen and oxygen atoms in total. The minimum absolute atomic E-state index is 0.0602. The number of unbranched alkanes of at least 4 members (excludes halogenated alkanes) is 1. The van der Waals surface area contributed by atoms with Crippen molar-refractivity contribution in [1.29, 1.82) is 0 Å². The van der Waals surface area contributed by atoms with Gasteiger partial charge in [-0.2, -0.15) is 0 Å². The molecule has 0 aliphatic carbocycles. The second kappa shape index (κ2) is 13.4. The second-order valence-corrected chi connectivity index (χ2v) is 11.1. The SMILES string of the molecule is CCCCNC(=O)[C@@H](C)N(Cc1ccc(F)cc1)C(=O)CCCN(c1ccc(C)c(C)c1)S(C)(=O)=O. The molecular formula is C27H38FN3O4S. The molecule has 2 amide bonds. The Bertz CT molecular complexity index is 1140. The third kappa shape index (κ3) is 8.62. The Morgan fingerprint density at radius 2 is 1.69 bits per heavy atom. The van der Waals surface area contributed by atoms with Gasteiger partial charge in [0.1, 0.15) is 11.9 Å². The van der Waals surface area contributed by atoms with Crippen LogP contribution >= 0.6 is 0 Å². The number of benzene rings is 2. The number of halogens is 1. The molecule has 1 atom stereocenters. The van der Waals surface area contributed by atoms with Crippen molar-refractivity contribution < 1.29 is 22.4 Å². The summed E-state index contributed by atoms with van der Waals surface area (Å²) < 4.78 is 39.6. The molecule has 0 saturated heterocycles. The average molecular weight is 520 g/mol. The van der Waals surface area contributed by atoms with Crippen LogP contribution in [0.5, 0.6) is 0 Å². The van der Waals surface area contributed by atoms with Crippen LogP contribution in [0.1, 0.15) is 56.2 Å². The van der Waals surface area contributed by atoms with Crippen molar-refractivity contribution in [2.75, 3.05) is 23.7 Å². The van der Waals surface area contributed by atoms with Gasteiger partial charge in [-0.25, -0.2) is 12.8 Å². The number of nitrogens with zero attached hydrogens (tertiary/aromatic N) is 2. The summed E-state index contributed by atoms with van der Waals surface area (Å²) in [5, 5.41) is 2.86. The first-order valence-corrected chi connectivity index (χ1v) is 14.2. The summed E-state index contributed by atoms with van der Waals surface area (Å²) in [5.41, 5.74) is 3.29. The van der Waals surface area contributed by atoms with Gasteiger partial charge >= 0.3 is 0 Å². The molecule has 0 heterocycles. The van der Waals surface area contributed by atoms with Gasteiger partial charge in [-0.3, -0.25) is 13.9 Å². The molecule has 0 radical (unpaired) electrons. The molecule has 0 fully saturated rings. The number of carbonyl (C=O) groups is 2. The lowest BCUT2D eigenvalue weighted by molar-refractivity contribution is -0.140. The van der Waals surface area contributed by atoms with E-state index in [1.807, 2.05) is 32.9 Å². The van der Waals surface area contributed by atoms with Crippen LogP contribution in [0.2, 0.25) is 0 Å². The Hall–Kier alpha value is -2.94. The van der Waals surface area contributed by atoms with Gasteiger partial charge in [-0.05, 0) is 74.6 Å². The van der Waals surface area contributed by atoms with Crippen LogP contribution in [0.15, 0.2) is 42.5 Å². The van der Waals surface area contributed by atoms with Crippen molar-refractivity contribution in [1.82, 2.24) is 10.2 Å². The summed E-state index contributed by atoms with van der Waals surface area (Å²) in [6.07, 6.45) is 3.26. The molecule has 2 aromatic rings. The maximum absolute atomic E-state index is 13.4. The van der Waals surface area contributed by atoms with E-state index in [1.165, 1.54) is 21.3 Å². The summed E-state index contributed by atoms with van der Waals surface area (Å²) in [7, 11) is -3.55. The fraction of sp³-hybridized carbons (Fsp3) is 0.481. The molecule has 0 aromatic heterocycles. The van der Waals surface area contributed by atoms with Crippen LogP contribution in [0.4, 0.5) is 10.1 Å². The van der Waals surface area contributed by atoms with Crippen LogP contribution in [0, 0.1) is 19.7 Å². The van der Waals surface area contributed by atoms with E-state index in [2.05, 4.69) is 5.32 Å². The first-order valence-electron chi connectivity index (χ1n) is 12.3. The molecule has 36 heavy (non-hydrogen) atoms. The summed E-state index contributed by atoms with van der Waals surface area (Å²) in [6, 6.07) is 10.5. The van der Waals surface area contributed by atoms with E-state index >= 15 is 0 Å². The lowest BCUT2D eigenvalue weighted by Gasteiger charge is -2.29.